The zero-order valence-electron chi connectivity index (χ0n) is 13.9. The van der Waals surface area contributed by atoms with Crippen LogP contribution in [0.15, 0.2) is 12.5 Å². The average Bonchev–Trinajstić information content (AvgIpc) is 3.29. The van der Waals surface area contributed by atoms with Gasteiger partial charge in [0.25, 0.3) is 5.91 Å². The number of aromatic amines is 1. The Morgan fingerprint density at radius 3 is 2.88 bits per heavy atom. The van der Waals surface area contributed by atoms with Crippen molar-refractivity contribution in [1.82, 2.24) is 34.7 Å². The molecule has 1 N–H and O–H groups in total. The Morgan fingerprint density at radius 2 is 2.19 bits per heavy atom. The molecule has 0 spiro atoms. The molecular weight excluding hydrogens is 360 g/mol. The lowest BCUT2D eigenvalue weighted by Crippen LogP contribution is -2.21. The van der Waals surface area contributed by atoms with Crippen molar-refractivity contribution < 1.29 is 9.72 Å². The molecule has 0 saturated heterocycles. The van der Waals surface area contributed by atoms with E-state index in [-0.39, 0.29) is 23.1 Å². The first-order chi connectivity index (χ1) is 12.4. The first-order valence-electron chi connectivity index (χ1n) is 7.42. The normalized spacial score (nSPS) is 11.3. The van der Waals surface area contributed by atoms with Gasteiger partial charge >= 0.3 is 5.69 Å². The number of amides is 1. The van der Waals surface area contributed by atoms with E-state index in [2.05, 4.69) is 25.3 Å². The van der Waals surface area contributed by atoms with Gasteiger partial charge in [-0.2, -0.15) is 5.10 Å². The summed E-state index contributed by atoms with van der Waals surface area (Å²) in [7, 11) is 3.36. The van der Waals surface area contributed by atoms with Crippen molar-refractivity contribution in [2.45, 2.75) is 6.92 Å². The lowest BCUT2D eigenvalue weighted by molar-refractivity contribution is -0.384. The third kappa shape index (κ3) is 2.23. The van der Waals surface area contributed by atoms with Crippen LogP contribution in [0.4, 0.5) is 5.69 Å². The van der Waals surface area contributed by atoms with Crippen LogP contribution in [-0.2, 0) is 0 Å². The van der Waals surface area contributed by atoms with Crippen LogP contribution in [0.2, 0.25) is 0 Å². The zero-order valence-corrected chi connectivity index (χ0v) is 14.7. The molecule has 11 nitrogen and oxygen atoms in total. The lowest BCUT2D eigenvalue weighted by atomic mass is 10.2. The molecule has 26 heavy (non-hydrogen) atoms. The van der Waals surface area contributed by atoms with E-state index >= 15 is 0 Å². The summed E-state index contributed by atoms with van der Waals surface area (Å²) in [6.45, 7) is 1.82. The van der Waals surface area contributed by atoms with Gasteiger partial charge in [-0.1, -0.05) is 0 Å². The summed E-state index contributed by atoms with van der Waals surface area (Å²) in [4.78, 5) is 34.4. The predicted molar refractivity (Wildman–Crippen MR) is 93.2 cm³/mol. The fourth-order valence-corrected chi connectivity index (χ4v) is 3.79. The van der Waals surface area contributed by atoms with Gasteiger partial charge < -0.3 is 4.90 Å². The number of carbonyl (C=O) groups excluding carboxylic acids is 1. The molecular formula is C14H12N8O3S. The quantitative estimate of drug-likeness (QED) is 0.426. The monoisotopic (exact) mass is 372 g/mol. The Kier molecular flexibility index (Phi) is 3.44. The number of carbonyl (C=O) groups is 1. The summed E-state index contributed by atoms with van der Waals surface area (Å²) in [6.07, 6.45) is 2.58. The van der Waals surface area contributed by atoms with Crippen molar-refractivity contribution in [2.24, 2.45) is 0 Å². The van der Waals surface area contributed by atoms with E-state index in [9.17, 15) is 14.9 Å². The molecule has 0 aliphatic heterocycles. The highest BCUT2D eigenvalue weighted by Crippen LogP contribution is 2.33. The minimum absolute atomic E-state index is 0.115. The Bertz CT molecular complexity index is 1190. The molecule has 12 heteroatoms. The van der Waals surface area contributed by atoms with Gasteiger partial charge in [0.1, 0.15) is 17.4 Å². The molecule has 4 rings (SSSR count). The minimum Gasteiger partial charge on any atom is -0.344 e. The molecule has 0 bridgehead atoms. The maximum atomic E-state index is 12.4. The number of H-pyrrole nitrogens is 1. The summed E-state index contributed by atoms with van der Waals surface area (Å²) in [5.74, 6) is 0.0159. The molecule has 0 unspecified atom stereocenters. The van der Waals surface area contributed by atoms with Crippen molar-refractivity contribution >= 4 is 38.8 Å². The topological polar surface area (TPSA) is 135 Å². The number of thiophene rings is 1. The predicted octanol–water partition coefficient (Wildman–Crippen LogP) is 1.65. The van der Waals surface area contributed by atoms with E-state index in [1.807, 2.05) is 6.92 Å². The molecule has 0 aliphatic rings. The van der Waals surface area contributed by atoms with Crippen LogP contribution in [-0.4, -0.2) is 59.6 Å². The second-order valence-corrected chi connectivity index (χ2v) is 6.77. The second-order valence-electron chi connectivity index (χ2n) is 5.77. The Hall–Kier alpha value is -3.41. The summed E-state index contributed by atoms with van der Waals surface area (Å²) < 4.78 is 1.44. The van der Waals surface area contributed by atoms with Crippen molar-refractivity contribution in [3.63, 3.8) is 0 Å². The summed E-state index contributed by atoms with van der Waals surface area (Å²) in [6, 6.07) is 0. The average molecular weight is 372 g/mol. The zero-order chi connectivity index (χ0) is 18.6. The van der Waals surface area contributed by atoms with Gasteiger partial charge in [0.15, 0.2) is 11.3 Å². The van der Waals surface area contributed by atoms with Crippen LogP contribution in [0, 0.1) is 17.0 Å². The SMILES string of the molecule is Cc1c(C(=O)N(C)C)sc2ncn3nc(-c4[nH]ncc4[N+](=O)[O-])nc3c12. The van der Waals surface area contributed by atoms with Crippen molar-refractivity contribution in [3.8, 4) is 11.5 Å². The highest BCUT2D eigenvalue weighted by atomic mass is 32.1. The highest BCUT2D eigenvalue weighted by Gasteiger charge is 2.24. The number of nitrogens with zero attached hydrogens (tertiary/aromatic N) is 7. The largest absolute Gasteiger partial charge is 0.344 e. The smallest absolute Gasteiger partial charge is 0.318 e. The van der Waals surface area contributed by atoms with Gasteiger partial charge in [-0.05, 0) is 12.5 Å². The number of hydrogen-bond donors (Lipinski definition) is 1. The van der Waals surface area contributed by atoms with Crippen LogP contribution < -0.4 is 0 Å². The number of rotatable bonds is 3. The molecule has 0 atom stereocenters. The fraction of sp³-hybridized carbons (Fsp3) is 0.214. The summed E-state index contributed by atoms with van der Waals surface area (Å²) in [5.41, 5.74) is 1.13. The van der Waals surface area contributed by atoms with Gasteiger partial charge in [0.2, 0.25) is 5.82 Å². The molecule has 0 aromatic carbocycles. The highest BCUT2D eigenvalue weighted by molar-refractivity contribution is 7.20. The van der Waals surface area contributed by atoms with Gasteiger partial charge in [-0.25, -0.2) is 14.5 Å². The Balaban J connectivity index is 1.96. The number of aromatic nitrogens is 6. The molecule has 0 aliphatic carbocycles. The number of fused-ring (bicyclic) bond motifs is 3. The van der Waals surface area contributed by atoms with E-state index in [4.69, 9.17) is 0 Å². The van der Waals surface area contributed by atoms with Crippen LogP contribution in [0.5, 0.6) is 0 Å². The van der Waals surface area contributed by atoms with Gasteiger partial charge in [-0.15, -0.1) is 16.4 Å². The second kappa shape index (κ2) is 5.56. The molecule has 4 heterocycles. The van der Waals surface area contributed by atoms with Gasteiger partial charge in [-0.3, -0.25) is 20.0 Å². The van der Waals surface area contributed by atoms with Crippen LogP contribution in [0.1, 0.15) is 15.2 Å². The van der Waals surface area contributed by atoms with E-state index in [0.717, 1.165) is 11.8 Å². The van der Waals surface area contributed by atoms with Gasteiger partial charge in [0.05, 0.1) is 15.2 Å². The van der Waals surface area contributed by atoms with E-state index < -0.39 is 4.92 Å². The molecule has 132 valence electrons. The van der Waals surface area contributed by atoms with Crippen LogP contribution in [0.3, 0.4) is 0 Å². The van der Waals surface area contributed by atoms with E-state index in [1.165, 1.54) is 27.1 Å². The molecule has 0 saturated carbocycles. The van der Waals surface area contributed by atoms with Crippen molar-refractivity contribution in [1.29, 1.82) is 0 Å². The van der Waals surface area contributed by atoms with Gasteiger partial charge in [0, 0.05) is 14.1 Å². The molecule has 1 amide bonds. The lowest BCUT2D eigenvalue weighted by Gasteiger charge is -2.08. The third-order valence-electron chi connectivity index (χ3n) is 3.91. The number of aryl methyl sites for hydroxylation is 1. The summed E-state index contributed by atoms with van der Waals surface area (Å²) >= 11 is 1.28. The molecule has 4 aromatic rings. The maximum Gasteiger partial charge on any atom is 0.318 e. The van der Waals surface area contributed by atoms with Crippen molar-refractivity contribution in [3.05, 3.63) is 33.1 Å². The third-order valence-corrected chi connectivity index (χ3v) is 5.10. The molecule has 0 radical (unpaired) electrons. The van der Waals surface area contributed by atoms with Crippen molar-refractivity contribution in [2.75, 3.05) is 14.1 Å². The van der Waals surface area contributed by atoms with E-state index in [1.54, 1.807) is 14.1 Å². The summed E-state index contributed by atoms with van der Waals surface area (Å²) in [5, 5.41) is 22.3. The first kappa shape index (κ1) is 16.1. The number of nitro groups is 1. The first-order valence-corrected chi connectivity index (χ1v) is 8.24. The Morgan fingerprint density at radius 1 is 1.42 bits per heavy atom. The standard InChI is InChI=1S/C14H12N8O3S/c1-6-8-12-17-11(9-7(22(24)25)4-16-18-9)19-21(12)5-15-13(8)26-10(6)14(23)20(2)3/h4-5H,1-3H3,(H,16,18). The maximum absolute atomic E-state index is 12.4. The minimum atomic E-state index is -0.554. The van der Waals surface area contributed by atoms with Crippen LogP contribution in [0.25, 0.3) is 27.4 Å². The van der Waals surface area contributed by atoms with Crippen LogP contribution >= 0.6 is 11.3 Å². The Labute approximate surface area is 149 Å². The fourth-order valence-electron chi connectivity index (χ4n) is 2.63. The van der Waals surface area contributed by atoms with E-state index in [0.29, 0.717) is 20.7 Å². The number of nitrogens with one attached hydrogen (secondary N) is 1. The number of hydrogen-bond acceptors (Lipinski definition) is 8. The molecule has 0 fully saturated rings. The molecule has 4 aromatic heterocycles.